The molecule has 1 aromatic carbocycles. The summed E-state index contributed by atoms with van der Waals surface area (Å²) >= 11 is 0. The van der Waals surface area contributed by atoms with Crippen molar-refractivity contribution in [3.63, 3.8) is 0 Å². The Bertz CT molecular complexity index is 746. The first-order valence-electron chi connectivity index (χ1n) is 7.18. The number of aromatic nitrogens is 1. The second-order valence-electron chi connectivity index (χ2n) is 5.47. The van der Waals surface area contributed by atoms with Gasteiger partial charge in [-0.05, 0) is 54.0 Å². The van der Waals surface area contributed by atoms with Crippen molar-refractivity contribution in [2.75, 3.05) is 0 Å². The second kappa shape index (κ2) is 5.56. The lowest BCUT2D eigenvalue weighted by atomic mass is 9.89. The summed E-state index contributed by atoms with van der Waals surface area (Å²) in [6.45, 7) is -0.302. The molecule has 0 aliphatic heterocycles. The van der Waals surface area contributed by atoms with Crippen LogP contribution in [0.25, 0.3) is 11.1 Å². The third-order valence-corrected chi connectivity index (χ3v) is 3.98. The zero-order valence-electron chi connectivity index (χ0n) is 11.7. The van der Waals surface area contributed by atoms with E-state index in [0.717, 1.165) is 24.0 Å². The third-order valence-electron chi connectivity index (χ3n) is 3.98. The number of carboxylic acids is 1. The Morgan fingerprint density at radius 1 is 1.05 bits per heavy atom. The number of hydrogen-bond acceptors (Lipinski definition) is 2. The number of rotatable bonds is 3. The summed E-state index contributed by atoms with van der Waals surface area (Å²) in [5.41, 5.74) is 4.36. The molecule has 1 N–H and O–H groups in total. The summed E-state index contributed by atoms with van der Waals surface area (Å²) in [5, 5.41) is 8.75. The van der Waals surface area contributed by atoms with Gasteiger partial charge in [0.25, 0.3) is 5.56 Å². The van der Waals surface area contributed by atoms with Gasteiger partial charge in [0.05, 0.1) is 0 Å². The molecule has 4 nitrogen and oxygen atoms in total. The van der Waals surface area contributed by atoms with Crippen LogP contribution in [0.1, 0.15) is 24.0 Å². The molecule has 0 bridgehead atoms. The van der Waals surface area contributed by atoms with Gasteiger partial charge >= 0.3 is 5.97 Å². The van der Waals surface area contributed by atoms with Gasteiger partial charge in [-0.25, -0.2) is 0 Å². The molecular formula is C17H17NO3. The molecule has 0 saturated carbocycles. The number of nitrogens with zero attached hydrogens (tertiary/aromatic N) is 1. The van der Waals surface area contributed by atoms with Crippen LogP contribution in [0.4, 0.5) is 0 Å². The molecule has 0 fully saturated rings. The number of carbonyl (C=O) groups is 1. The fourth-order valence-corrected chi connectivity index (χ4v) is 2.88. The first-order valence-corrected chi connectivity index (χ1v) is 7.18. The van der Waals surface area contributed by atoms with Crippen LogP contribution in [0, 0.1) is 0 Å². The maximum absolute atomic E-state index is 11.9. The lowest BCUT2D eigenvalue weighted by Gasteiger charge is -2.16. The van der Waals surface area contributed by atoms with Crippen LogP contribution in [-0.2, 0) is 24.2 Å². The Morgan fingerprint density at radius 3 is 2.48 bits per heavy atom. The first-order chi connectivity index (χ1) is 10.1. The Hall–Kier alpha value is -2.36. The van der Waals surface area contributed by atoms with Crippen molar-refractivity contribution in [3.05, 3.63) is 58.0 Å². The number of carboxylic acid groups (broad SMARTS) is 1. The lowest BCUT2D eigenvalue weighted by molar-refractivity contribution is -0.137. The van der Waals surface area contributed by atoms with Crippen LogP contribution in [0.15, 0.2) is 41.3 Å². The Morgan fingerprint density at radius 2 is 1.76 bits per heavy atom. The highest BCUT2D eigenvalue weighted by Crippen LogP contribution is 2.26. The lowest BCUT2D eigenvalue weighted by Crippen LogP contribution is -2.22. The number of aryl methyl sites for hydroxylation is 2. The monoisotopic (exact) mass is 283 g/mol. The minimum atomic E-state index is -1.02. The second-order valence-corrected chi connectivity index (χ2v) is 5.47. The van der Waals surface area contributed by atoms with E-state index in [2.05, 4.69) is 12.1 Å². The van der Waals surface area contributed by atoms with Crippen molar-refractivity contribution < 1.29 is 9.90 Å². The molecular weight excluding hydrogens is 266 g/mol. The normalized spacial score (nSPS) is 13.7. The molecule has 0 saturated heterocycles. The summed E-state index contributed by atoms with van der Waals surface area (Å²) < 4.78 is 1.20. The molecule has 21 heavy (non-hydrogen) atoms. The SMILES string of the molecule is O=C(O)Cn1ccc(-c2ccc3c(c2)CCCC3)cc1=O. The van der Waals surface area contributed by atoms with Gasteiger partial charge < -0.3 is 9.67 Å². The molecule has 2 aromatic rings. The summed E-state index contributed by atoms with van der Waals surface area (Å²) in [6.07, 6.45) is 6.24. The Kier molecular flexibility index (Phi) is 3.60. The fourth-order valence-electron chi connectivity index (χ4n) is 2.88. The number of hydrogen-bond donors (Lipinski definition) is 1. The van der Waals surface area contributed by atoms with Gasteiger partial charge in [0.15, 0.2) is 0 Å². The summed E-state index contributed by atoms with van der Waals surface area (Å²) in [7, 11) is 0. The van der Waals surface area contributed by atoms with E-state index in [1.54, 1.807) is 12.3 Å². The number of fused-ring (bicyclic) bond motifs is 1. The maximum Gasteiger partial charge on any atom is 0.323 e. The minimum Gasteiger partial charge on any atom is -0.480 e. The van der Waals surface area contributed by atoms with E-state index in [9.17, 15) is 9.59 Å². The standard InChI is InChI=1S/C17H17NO3/c19-16-10-15(7-8-18(16)11-17(20)21)14-6-5-12-3-1-2-4-13(12)9-14/h5-10H,1-4,11H2,(H,20,21). The van der Waals surface area contributed by atoms with Crippen molar-refractivity contribution in [1.29, 1.82) is 0 Å². The molecule has 0 spiro atoms. The Balaban J connectivity index is 1.95. The predicted octanol–water partition coefficient (Wildman–Crippen LogP) is 2.48. The van der Waals surface area contributed by atoms with Crippen LogP contribution in [0.5, 0.6) is 0 Å². The smallest absolute Gasteiger partial charge is 0.323 e. The van der Waals surface area contributed by atoms with Crippen molar-refractivity contribution in [3.8, 4) is 11.1 Å². The number of pyridine rings is 1. The molecule has 3 rings (SSSR count). The molecule has 0 radical (unpaired) electrons. The summed E-state index contributed by atoms with van der Waals surface area (Å²) in [4.78, 5) is 22.6. The number of benzene rings is 1. The highest BCUT2D eigenvalue weighted by Gasteiger charge is 2.11. The average Bonchev–Trinajstić information content (AvgIpc) is 2.48. The van der Waals surface area contributed by atoms with E-state index >= 15 is 0 Å². The highest BCUT2D eigenvalue weighted by molar-refractivity contribution is 5.67. The fraction of sp³-hybridized carbons (Fsp3) is 0.294. The van der Waals surface area contributed by atoms with Gasteiger partial charge in [-0.15, -0.1) is 0 Å². The van der Waals surface area contributed by atoms with E-state index < -0.39 is 5.97 Å². The van der Waals surface area contributed by atoms with Crippen LogP contribution >= 0.6 is 0 Å². The van der Waals surface area contributed by atoms with E-state index in [-0.39, 0.29) is 12.1 Å². The van der Waals surface area contributed by atoms with Crippen LogP contribution < -0.4 is 5.56 Å². The predicted molar refractivity (Wildman–Crippen MR) is 80.4 cm³/mol. The molecule has 0 amide bonds. The molecule has 108 valence electrons. The highest BCUT2D eigenvalue weighted by atomic mass is 16.4. The van der Waals surface area contributed by atoms with Gasteiger partial charge in [0, 0.05) is 12.3 Å². The molecule has 1 aliphatic rings. The molecule has 1 aliphatic carbocycles. The number of aliphatic carboxylic acids is 1. The van der Waals surface area contributed by atoms with Gasteiger partial charge in [0.1, 0.15) is 6.54 Å². The molecule has 4 heteroatoms. The molecule has 1 aromatic heterocycles. The van der Waals surface area contributed by atoms with Crippen molar-refractivity contribution >= 4 is 5.97 Å². The summed E-state index contributed by atoms with van der Waals surface area (Å²) in [6, 6.07) is 9.65. The van der Waals surface area contributed by atoms with Crippen LogP contribution in [0.3, 0.4) is 0 Å². The Labute approximate surface area is 122 Å². The zero-order chi connectivity index (χ0) is 14.8. The maximum atomic E-state index is 11.9. The van der Waals surface area contributed by atoms with E-state index in [1.165, 1.54) is 34.6 Å². The van der Waals surface area contributed by atoms with Crippen molar-refractivity contribution in [2.24, 2.45) is 0 Å². The summed E-state index contributed by atoms with van der Waals surface area (Å²) in [5.74, 6) is -1.02. The average molecular weight is 283 g/mol. The zero-order valence-corrected chi connectivity index (χ0v) is 11.7. The van der Waals surface area contributed by atoms with Gasteiger partial charge in [-0.2, -0.15) is 0 Å². The molecule has 0 atom stereocenters. The minimum absolute atomic E-state index is 0.285. The van der Waals surface area contributed by atoms with Crippen LogP contribution in [0.2, 0.25) is 0 Å². The van der Waals surface area contributed by atoms with E-state index in [0.29, 0.717) is 0 Å². The third kappa shape index (κ3) is 2.89. The van der Waals surface area contributed by atoms with Crippen molar-refractivity contribution in [2.45, 2.75) is 32.2 Å². The van der Waals surface area contributed by atoms with Gasteiger partial charge in [-0.3, -0.25) is 9.59 Å². The largest absolute Gasteiger partial charge is 0.480 e. The van der Waals surface area contributed by atoms with E-state index in [1.807, 2.05) is 6.07 Å². The first kappa shape index (κ1) is 13.6. The topological polar surface area (TPSA) is 59.3 Å². The van der Waals surface area contributed by atoms with Crippen molar-refractivity contribution in [1.82, 2.24) is 4.57 Å². The van der Waals surface area contributed by atoms with E-state index in [4.69, 9.17) is 5.11 Å². The van der Waals surface area contributed by atoms with Gasteiger partial charge in [0.2, 0.25) is 0 Å². The van der Waals surface area contributed by atoms with Gasteiger partial charge in [-0.1, -0.05) is 18.2 Å². The molecule has 1 heterocycles. The quantitative estimate of drug-likeness (QED) is 0.941. The van der Waals surface area contributed by atoms with Crippen LogP contribution in [-0.4, -0.2) is 15.6 Å². The molecule has 0 unspecified atom stereocenters.